The molecule has 1 heterocycles. The van der Waals surface area contributed by atoms with Gasteiger partial charge in [-0.25, -0.2) is 0 Å². The number of hydrogen-bond acceptors (Lipinski definition) is 7. The van der Waals surface area contributed by atoms with Gasteiger partial charge >= 0.3 is 134 Å². The van der Waals surface area contributed by atoms with E-state index >= 15 is 0 Å². The van der Waals surface area contributed by atoms with Crippen LogP contribution in [0.25, 0.3) is 0 Å². The summed E-state index contributed by atoms with van der Waals surface area (Å²) in [5.41, 5.74) is -0.438. The Morgan fingerprint density at radius 2 is 2.04 bits per heavy atom. The Morgan fingerprint density at radius 1 is 1.35 bits per heavy atom. The van der Waals surface area contributed by atoms with E-state index in [-0.39, 0.29) is 26.4 Å². The molecule has 0 bridgehead atoms. The van der Waals surface area contributed by atoms with Crippen molar-refractivity contribution in [1.82, 2.24) is 9.55 Å². The summed E-state index contributed by atoms with van der Waals surface area (Å²) in [5.74, 6) is 0. The van der Waals surface area contributed by atoms with E-state index in [4.69, 9.17) is 18.5 Å². The van der Waals surface area contributed by atoms with Crippen molar-refractivity contribution in [3.05, 3.63) is 32.6 Å². The van der Waals surface area contributed by atoms with Crippen molar-refractivity contribution in [2.45, 2.75) is 19.6 Å². The monoisotopic (exact) mass is 352 g/mol. The Bertz CT molecular complexity index is 599. The molecule has 0 unspecified atom stereocenters. The number of aromatic nitrogens is 2. The first kappa shape index (κ1) is 20.0. The van der Waals surface area contributed by atoms with Gasteiger partial charge in [-0.1, -0.05) is 0 Å². The van der Waals surface area contributed by atoms with Crippen molar-refractivity contribution in [2.24, 2.45) is 0 Å². The molecule has 2 N–H and O–H groups in total. The first-order valence-electron chi connectivity index (χ1n) is 7.11. The predicted octanol–water partition coefficient (Wildman–Crippen LogP) is -0.343. The van der Waals surface area contributed by atoms with Gasteiger partial charge in [0, 0.05) is 0 Å². The molecule has 0 amide bonds. The van der Waals surface area contributed by atoms with Crippen molar-refractivity contribution in [1.29, 1.82) is 0 Å². The second kappa shape index (κ2) is 9.27. The number of nitrogens with one attached hydrogen (secondary N) is 1. The number of methoxy groups -OCH3 is 1. The standard InChI is InChI=1S/C13H25N2O7P/c1-10-7-15(13(17)14-12(10)16)5-6-21-11(8-19-2)9-22-23(4,18)20-3/h7,11,18,23H,5-6,8-9H2,1-4H3,(H,14,16,17)/t11-/m1/s1. The minimum absolute atomic E-state index is 0.112. The zero-order valence-corrected chi connectivity index (χ0v) is 14.8. The minimum atomic E-state index is -3.13. The third kappa shape index (κ3) is 6.90. The Kier molecular flexibility index (Phi) is 8.04. The van der Waals surface area contributed by atoms with Crippen LogP contribution in [-0.4, -0.2) is 61.3 Å². The quantitative estimate of drug-likeness (QED) is 0.554. The molecule has 1 rings (SSSR count). The fraction of sp³-hybridized carbons (Fsp3) is 0.692. The van der Waals surface area contributed by atoms with E-state index in [1.54, 1.807) is 6.92 Å². The SMILES string of the molecule is COC[C@H](CO[PH](C)(O)OC)OCCn1cc(C)c(=O)[nH]c1=O. The Labute approximate surface area is 134 Å². The molecule has 1 atom stereocenters. The number of ether oxygens (including phenoxy) is 2. The predicted molar refractivity (Wildman–Crippen MR) is 87.1 cm³/mol. The van der Waals surface area contributed by atoms with Crippen LogP contribution in [-0.2, 0) is 25.1 Å². The summed E-state index contributed by atoms with van der Waals surface area (Å²) < 4.78 is 22.2. The molecule has 0 aliphatic heterocycles. The number of aromatic amines is 1. The Morgan fingerprint density at radius 3 is 2.65 bits per heavy atom. The van der Waals surface area contributed by atoms with Crippen LogP contribution >= 0.6 is 7.94 Å². The first-order valence-corrected chi connectivity index (χ1v) is 9.38. The van der Waals surface area contributed by atoms with Crippen molar-refractivity contribution >= 4 is 7.94 Å². The van der Waals surface area contributed by atoms with Crippen molar-refractivity contribution in [3.63, 3.8) is 0 Å². The van der Waals surface area contributed by atoms with Gasteiger partial charge in [0.05, 0.1) is 0 Å². The van der Waals surface area contributed by atoms with Gasteiger partial charge in [-0.05, 0) is 0 Å². The van der Waals surface area contributed by atoms with Crippen LogP contribution in [0.2, 0.25) is 0 Å². The Balaban J connectivity index is 2.54. The van der Waals surface area contributed by atoms with E-state index in [0.717, 1.165) is 0 Å². The molecule has 0 aromatic carbocycles. The fourth-order valence-electron chi connectivity index (χ4n) is 1.74. The summed E-state index contributed by atoms with van der Waals surface area (Å²) in [4.78, 5) is 34.9. The maximum atomic E-state index is 11.6. The van der Waals surface area contributed by atoms with Gasteiger partial charge in [0.25, 0.3) is 0 Å². The number of H-pyrrole nitrogens is 1. The van der Waals surface area contributed by atoms with Crippen LogP contribution in [0.5, 0.6) is 0 Å². The van der Waals surface area contributed by atoms with Crippen LogP contribution in [0.4, 0.5) is 0 Å². The molecular weight excluding hydrogens is 327 g/mol. The van der Waals surface area contributed by atoms with Gasteiger partial charge in [-0.3, -0.25) is 0 Å². The molecule has 0 spiro atoms. The Hall–Kier alpha value is -1.09. The first-order chi connectivity index (χ1) is 10.8. The maximum absolute atomic E-state index is 11.6. The topological polar surface area (TPSA) is 112 Å². The summed E-state index contributed by atoms with van der Waals surface area (Å²) in [6, 6.07) is 0. The van der Waals surface area contributed by atoms with E-state index in [9.17, 15) is 14.5 Å². The molecule has 0 aliphatic rings. The molecule has 0 radical (unpaired) electrons. The van der Waals surface area contributed by atoms with Gasteiger partial charge in [0.2, 0.25) is 0 Å². The third-order valence-corrected chi connectivity index (χ3v) is 4.60. The fourth-order valence-corrected chi connectivity index (χ4v) is 2.35. The van der Waals surface area contributed by atoms with E-state index in [0.29, 0.717) is 5.56 Å². The summed E-state index contributed by atoms with van der Waals surface area (Å²) >= 11 is 0. The van der Waals surface area contributed by atoms with Gasteiger partial charge < -0.3 is 0 Å². The van der Waals surface area contributed by atoms with E-state index in [1.807, 2.05) is 0 Å². The van der Waals surface area contributed by atoms with Crippen LogP contribution in [0, 0.1) is 6.92 Å². The average molecular weight is 352 g/mol. The number of hydrogen-bond donors (Lipinski definition) is 2. The molecule has 0 saturated carbocycles. The summed E-state index contributed by atoms with van der Waals surface area (Å²) in [6.07, 6.45) is 1.07. The number of nitrogens with zero attached hydrogens (tertiary/aromatic N) is 1. The van der Waals surface area contributed by atoms with E-state index < -0.39 is 25.3 Å². The third-order valence-electron chi connectivity index (χ3n) is 3.14. The molecule has 1 aromatic rings. The summed E-state index contributed by atoms with van der Waals surface area (Å²) in [7, 11) is -0.221. The molecule has 1 aromatic heterocycles. The van der Waals surface area contributed by atoms with Crippen LogP contribution in [0.15, 0.2) is 15.8 Å². The van der Waals surface area contributed by atoms with Crippen LogP contribution in [0.3, 0.4) is 0 Å². The summed E-state index contributed by atoms with van der Waals surface area (Å²) in [5, 5.41) is 0. The van der Waals surface area contributed by atoms with Gasteiger partial charge in [0.1, 0.15) is 0 Å². The zero-order chi connectivity index (χ0) is 17.5. The van der Waals surface area contributed by atoms with Crippen molar-refractivity contribution in [2.75, 3.05) is 40.7 Å². The van der Waals surface area contributed by atoms with Crippen molar-refractivity contribution < 1.29 is 23.4 Å². The van der Waals surface area contributed by atoms with Gasteiger partial charge in [0.15, 0.2) is 0 Å². The van der Waals surface area contributed by atoms with Crippen LogP contribution < -0.4 is 11.2 Å². The zero-order valence-electron chi connectivity index (χ0n) is 13.8. The average Bonchev–Trinajstić information content (AvgIpc) is 2.50. The van der Waals surface area contributed by atoms with Gasteiger partial charge in [-0.2, -0.15) is 0 Å². The second-order valence-electron chi connectivity index (χ2n) is 5.13. The van der Waals surface area contributed by atoms with E-state index in [1.165, 1.54) is 31.6 Å². The molecule has 0 saturated heterocycles. The molecule has 0 aliphatic carbocycles. The normalized spacial score (nSPS) is 14.0. The molecule has 9 nitrogen and oxygen atoms in total. The van der Waals surface area contributed by atoms with Gasteiger partial charge in [-0.15, -0.1) is 0 Å². The summed E-state index contributed by atoms with van der Waals surface area (Å²) in [6.45, 7) is 4.00. The number of rotatable bonds is 10. The van der Waals surface area contributed by atoms with Crippen LogP contribution in [0.1, 0.15) is 5.56 Å². The molecule has 134 valence electrons. The van der Waals surface area contributed by atoms with E-state index in [2.05, 4.69) is 4.98 Å². The molecular formula is C13H25N2O7P. The second-order valence-corrected chi connectivity index (χ2v) is 7.62. The van der Waals surface area contributed by atoms with Crippen molar-refractivity contribution in [3.8, 4) is 0 Å². The molecule has 10 heteroatoms. The molecule has 23 heavy (non-hydrogen) atoms. The molecule has 0 fully saturated rings. The number of aryl methyl sites for hydroxylation is 1.